The summed E-state index contributed by atoms with van der Waals surface area (Å²) in [6, 6.07) is 5.32. The Kier molecular flexibility index (Phi) is 6.25. The number of methoxy groups -OCH3 is 2. The van der Waals surface area contributed by atoms with Crippen molar-refractivity contribution in [3.05, 3.63) is 29.3 Å². The molecule has 1 aromatic heterocycles. The summed E-state index contributed by atoms with van der Waals surface area (Å²) >= 11 is 1.36. The molecule has 0 aliphatic rings. The van der Waals surface area contributed by atoms with Crippen LogP contribution in [0.15, 0.2) is 33.8 Å². The molecule has 0 aliphatic heterocycles. The van der Waals surface area contributed by atoms with Crippen LogP contribution >= 0.6 is 11.3 Å². The first-order valence-corrected chi connectivity index (χ1v) is 8.27. The Morgan fingerprint density at radius 3 is 2.71 bits per heavy atom. The highest BCUT2D eigenvalue weighted by molar-refractivity contribution is 7.13. The topological polar surface area (TPSA) is 85.2 Å². The number of hydrogen-bond acceptors (Lipinski definition) is 7. The van der Waals surface area contributed by atoms with E-state index in [0.29, 0.717) is 28.0 Å². The molecule has 7 nitrogen and oxygen atoms in total. The predicted octanol–water partition coefficient (Wildman–Crippen LogP) is 3.83. The van der Waals surface area contributed by atoms with Crippen molar-refractivity contribution in [1.82, 2.24) is 4.98 Å². The van der Waals surface area contributed by atoms with Gasteiger partial charge in [-0.3, -0.25) is 4.79 Å². The van der Waals surface area contributed by atoms with Crippen LogP contribution in [0, 0.1) is 0 Å². The number of azo groups is 1. The summed E-state index contributed by atoms with van der Waals surface area (Å²) in [5, 5.41) is 13.2. The molecule has 0 saturated carbocycles. The fraction of sp³-hybridized carbons (Fsp3) is 0.375. The van der Waals surface area contributed by atoms with E-state index >= 15 is 0 Å². The Bertz CT molecular complexity index is 728. The lowest BCUT2D eigenvalue weighted by atomic mass is 10.2. The van der Waals surface area contributed by atoms with Crippen molar-refractivity contribution < 1.29 is 14.3 Å². The van der Waals surface area contributed by atoms with Crippen molar-refractivity contribution in [3.63, 3.8) is 0 Å². The molecule has 1 N–H and O–H groups in total. The molecule has 128 valence electrons. The first kappa shape index (κ1) is 17.9. The minimum atomic E-state index is -0.167. The van der Waals surface area contributed by atoms with Gasteiger partial charge in [-0.1, -0.05) is 0 Å². The second kappa shape index (κ2) is 8.39. The maximum Gasteiger partial charge on any atom is 0.230 e. The van der Waals surface area contributed by atoms with Gasteiger partial charge >= 0.3 is 0 Å². The molecule has 0 radical (unpaired) electrons. The highest BCUT2D eigenvalue weighted by Gasteiger charge is 2.10. The predicted molar refractivity (Wildman–Crippen MR) is 93.6 cm³/mol. The molecule has 2 aromatic rings. The van der Waals surface area contributed by atoms with Crippen LogP contribution in [0.1, 0.15) is 19.5 Å². The number of nitrogens with zero attached hydrogens (tertiary/aromatic N) is 3. The number of ether oxygens (including phenoxy) is 2. The molecule has 0 aliphatic carbocycles. The summed E-state index contributed by atoms with van der Waals surface area (Å²) in [4.78, 5) is 16.4. The summed E-state index contributed by atoms with van der Waals surface area (Å²) in [6.45, 7) is 3.88. The summed E-state index contributed by atoms with van der Waals surface area (Å²) in [6.07, 6.45) is 0.169. The minimum Gasteiger partial charge on any atom is -0.493 e. The fourth-order valence-corrected chi connectivity index (χ4v) is 2.51. The lowest BCUT2D eigenvalue weighted by molar-refractivity contribution is -0.115. The fourth-order valence-electron chi connectivity index (χ4n) is 1.87. The summed E-state index contributed by atoms with van der Waals surface area (Å²) in [7, 11) is 3.11. The number of thiazole rings is 1. The van der Waals surface area contributed by atoms with Gasteiger partial charge < -0.3 is 14.8 Å². The average molecular weight is 348 g/mol. The molecule has 0 spiro atoms. The van der Waals surface area contributed by atoms with Gasteiger partial charge in [0.2, 0.25) is 11.0 Å². The quantitative estimate of drug-likeness (QED) is 0.771. The van der Waals surface area contributed by atoms with E-state index in [4.69, 9.17) is 9.47 Å². The van der Waals surface area contributed by atoms with Crippen molar-refractivity contribution in [2.24, 2.45) is 10.2 Å². The van der Waals surface area contributed by atoms with E-state index in [2.05, 4.69) is 20.5 Å². The molecule has 0 bridgehead atoms. The molecule has 0 unspecified atom stereocenters. The number of carbonyl (C=O) groups is 1. The summed E-state index contributed by atoms with van der Waals surface area (Å²) < 4.78 is 10.4. The second-order valence-corrected chi connectivity index (χ2v) is 6.06. The number of hydrogen-bond donors (Lipinski definition) is 1. The van der Waals surface area contributed by atoms with E-state index < -0.39 is 0 Å². The zero-order chi connectivity index (χ0) is 17.5. The molecule has 2 rings (SSSR count). The van der Waals surface area contributed by atoms with Crippen LogP contribution in [0.2, 0.25) is 0 Å². The molecule has 1 amide bonds. The third-order valence-electron chi connectivity index (χ3n) is 2.92. The molecule has 1 heterocycles. The van der Waals surface area contributed by atoms with Crippen LogP contribution in [-0.4, -0.2) is 31.2 Å². The average Bonchev–Trinajstić information content (AvgIpc) is 3.00. The molecule has 0 fully saturated rings. The van der Waals surface area contributed by atoms with Crippen molar-refractivity contribution in [3.8, 4) is 11.5 Å². The molecule has 0 atom stereocenters. The number of benzene rings is 1. The standard InChI is InChI=1S/C16H20N4O3S/c1-10(2)19-20-16-18-12(9-24-16)8-15(21)17-11-5-6-13(22-3)14(7-11)23-4/h5-7,9-10H,8H2,1-4H3,(H,17,21). The van der Waals surface area contributed by atoms with Crippen LogP contribution in [0.5, 0.6) is 11.5 Å². The van der Waals surface area contributed by atoms with E-state index in [0.717, 1.165) is 0 Å². The first-order chi connectivity index (χ1) is 11.5. The normalized spacial score (nSPS) is 11.0. The van der Waals surface area contributed by atoms with Gasteiger partial charge in [0.25, 0.3) is 0 Å². The van der Waals surface area contributed by atoms with Gasteiger partial charge in [0.1, 0.15) is 0 Å². The zero-order valence-electron chi connectivity index (χ0n) is 14.1. The van der Waals surface area contributed by atoms with Crippen LogP contribution in [-0.2, 0) is 11.2 Å². The van der Waals surface area contributed by atoms with Gasteiger partial charge in [0.05, 0.1) is 32.4 Å². The van der Waals surface area contributed by atoms with E-state index in [9.17, 15) is 4.79 Å². The van der Waals surface area contributed by atoms with Gasteiger partial charge in [-0.25, -0.2) is 4.98 Å². The zero-order valence-corrected chi connectivity index (χ0v) is 14.9. The molecule has 8 heteroatoms. The summed E-state index contributed by atoms with van der Waals surface area (Å²) in [5.41, 5.74) is 1.29. The number of aromatic nitrogens is 1. The van der Waals surface area contributed by atoms with E-state index in [-0.39, 0.29) is 18.4 Å². The maximum atomic E-state index is 12.1. The van der Waals surface area contributed by atoms with Crippen LogP contribution in [0.3, 0.4) is 0 Å². The highest BCUT2D eigenvalue weighted by atomic mass is 32.1. The molecular formula is C16H20N4O3S. The van der Waals surface area contributed by atoms with Gasteiger partial charge in [-0.15, -0.1) is 16.5 Å². The van der Waals surface area contributed by atoms with Crippen molar-refractivity contribution >= 4 is 28.1 Å². The highest BCUT2D eigenvalue weighted by Crippen LogP contribution is 2.29. The number of amides is 1. The van der Waals surface area contributed by atoms with E-state index in [1.54, 1.807) is 32.4 Å². The molecular weight excluding hydrogens is 328 g/mol. The molecule has 0 saturated heterocycles. The first-order valence-electron chi connectivity index (χ1n) is 7.39. The number of rotatable bonds is 7. The van der Waals surface area contributed by atoms with Crippen molar-refractivity contribution in [2.45, 2.75) is 26.3 Å². The monoisotopic (exact) mass is 348 g/mol. The number of anilines is 1. The largest absolute Gasteiger partial charge is 0.493 e. The Labute approximate surface area is 144 Å². The van der Waals surface area contributed by atoms with E-state index in [1.807, 2.05) is 19.2 Å². The van der Waals surface area contributed by atoms with Crippen molar-refractivity contribution in [1.29, 1.82) is 0 Å². The van der Waals surface area contributed by atoms with Crippen LogP contribution in [0.25, 0.3) is 0 Å². The lowest BCUT2D eigenvalue weighted by Gasteiger charge is -2.10. The molecule has 1 aromatic carbocycles. The van der Waals surface area contributed by atoms with Gasteiger partial charge in [0.15, 0.2) is 11.5 Å². The second-order valence-electron chi connectivity index (χ2n) is 5.23. The number of nitrogens with one attached hydrogen (secondary N) is 1. The van der Waals surface area contributed by atoms with Crippen molar-refractivity contribution in [2.75, 3.05) is 19.5 Å². The SMILES string of the molecule is COc1ccc(NC(=O)Cc2csc(N=NC(C)C)n2)cc1OC. The lowest BCUT2D eigenvalue weighted by Crippen LogP contribution is -2.14. The Morgan fingerprint density at radius 1 is 1.29 bits per heavy atom. The third-order valence-corrected chi connectivity index (χ3v) is 3.70. The third kappa shape index (κ3) is 5.02. The summed E-state index contributed by atoms with van der Waals surface area (Å²) in [5.74, 6) is 0.996. The van der Waals surface area contributed by atoms with E-state index in [1.165, 1.54) is 11.3 Å². The Morgan fingerprint density at radius 2 is 2.04 bits per heavy atom. The van der Waals surface area contributed by atoms with Crippen LogP contribution in [0.4, 0.5) is 10.8 Å². The smallest absolute Gasteiger partial charge is 0.230 e. The minimum absolute atomic E-state index is 0.116. The van der Waals surface area contributed by atoms with Crippen LogP contribution < -0.4 is 14.8 Å². The maximum absolute atomic E-state index is 12.1. The number of carbonyl (C=O) groups excluding carboxylic acids is 1. The molecule has 24 heavy (non-hydrogen) atoms. The Hall–Kier alpha value is -2.48. The Balaban J connectivity index is 1.98. The van der Waals surface area contributed by atoms with Gasteiger partial charge in [0, 0.05) is 17.1 Å². The van der Waals surface area contributed by atoms with Gasteiger partial charge in [-0.2, -0.15) is 5.11 Å². The van der Waals surface area contributed by atoms with Gasteiger partial charge in [-0.05, 0) is 26.0 Å².